The van der Waals surface area contributed by atoms with Crippen LogP contribution in [0.25, 0.3) is 63.8 Å². The number of benzene rings is 1. The van der Waals surface area contributed by atoms with Gasteiger partial charge in [0.05, 0.1) is 19.8 Å². The average Bonchev–Trinajstić information content (AvgIpc) is 3.34. The molecule has 10 aromatic heterocycles. The van der Waals surface area contributed by atoms with Gasteiger partial charge in [0, 0.05) is 72.6 Å². The number of hydrogen-bond acceptors (Lipinski definition) is 24. The Hall–Kier alpha value is -10.2. The van der Waals surface area contributed by atoms with Crippen molar-refractivity contribution in [2.24, 2.45) is 5.92 Å². The number of thiazole rings is 3. The van der Waals surface area contributed by atoms with Gasteiger partial charge in [0.2, 0.25) is 23.5 Å². The second-order valence-corrected chi connectivity index (χ2v) is 21.7. The standard InChI is InChI=1S/C21H21N7O2S.C18H20N6O2S.C17H15N7O3S/c1-4-30-20-17(18-23-12-24-27-18)31-21(26-20)14-9-10-22-16(11-14)25-19(29)13-5-7-15(8-6-13)28(2)3;1-2-26-17-14(15-20-10-21-24-15)27-18(23-17)12-7-8-19-13(9-12)22-16(25)11-5-3-4-6-11;1-3-26-16-13(14-19-8-20-23-14)28-17(22-16)10-4-5-18-12(7-10)21-15(25)11-6-9(2)27-24-11/h5-12H,4H2,1-3H3,(H,22,25,29)(H,23,24,27);7-11H,2-6H2,1H3,(H,19,22,25)(H,20,21,24);4-8H,3H2,1-2H3,(H,18,21,25)(H,19,20,23). The minimum Gasteiger partial charge on any atom is -0.477 e. The molecule has 440 valence electrons. The van der Waals surface area contributed by atoms with E-state index in [9.17, 15) is 14.4 Å². The molecule has 0 bridgehead atoms. The Morgan fingerprint density at radius 3 is 1.36 bits per heavy atom. The predicted molar refractivity (Wildman–Crippen MR) is 324 cm³/mol. The molecular formula is C56H56N20O7S3. The molecule has 0 radical (unpaired) electrons. The van der Waals surface area contributed by atoms with Crippen molar-refractivity contribution in [3.8, 4) is 81.5 Å². The van der Waals surface area contributed by atoms with Crippen molar-refractivity contribution in [3.63, 3.8) is 0 Å². The van der Waals surface area contributed by atoms with Crippen molar-refractivity contribution in [1.82, 2.24) is 80.6 Å². The summed E-state index contributed by atoms with van der Waals surface area (Å²) in [5, 5.41) is 34.5. The zero-order valence-electron chi connectivity index (χ0n) is 47.2. The number of aryl methyl sites for hydroxylation is 1. The van der Waals surface area contributed by atoms with E-state index >= 15 is 0 Å². The van der Waals surface area contributed by atoms with Crippen LogP contribution in [0.1, 0.15) is 73.1 Å². The van der Waals surface area contributed by atoms with Crippen molar-refractivity contribution in [2.45, 2.75) is 53.4 Å². The fourth-order valence-corrected chi connectivity index (χ4v) is 11.3. The number of amides is 3. The summed E-state index contributed by atoms with van der Waals surface area (Å²) in [6.07, 6.45) is 13.4. The minimum absolute atomic E-state index is 0.0497. The maximum absolute atomic E-state index is 12.6. The molecule has 0 aliphatic heterocycles. The van der Waals surface area contributed by atoms with Gasteiger partial charge in [-0.25, -0.2) is 44.9 Å². The molecule has 1 aliphatic carbocycles. The van der Waals surface area contributed by atoms with Crippen LogP contribution in [-0.4, -0.2) is 132 Å². The second-order valence-electron chi connectivity index (χ2n) is 18.7. The van der Waals surface area contributed by atoms with Crippen LogP contribution in [0.2, 0.25) is 0 Å². The van der Waals surface area contributed by atoms with E-state index in [2.05, 4.69) is 96.6 Å². The quantitative estimate of drug-likeness (QED) is 0.0438. The normalized spacial score (nSPS) is 11.9. The van der Waals surface area contributed by atoms with Crippen LogP contribution in [0, 0.1) is 12.8 Å². The third kappa shape index (κ3) is 14.6. The highest BCUT2D eigenvalue weighted by Crippen LogP contribution is 2.41. The van der Waals surface area contributed by atoms with Crippen molar-refractivity contribution in [3.05, 3.63) is 121 Å². The van der Waals surface area contributed by atoms with E-state index in [4.69, 9.17) is 18.7 Å². The van der Waals surface area contributed by atoms with Crippen LogP contribution in [0.4, 0.5) is 23.1 Å². The zero-order chi connectivity index (χ0) is 59.9. The Morgan fingerprint density at radius 1 is 0.570 bits per heavy atom. The lowest BCUT2D eigenvalue weighted by molar-refractivity contribution is -0.119. The van der Waals surface area contributed by atoms with E-state index in [1.165, 1.54) is 53.0 Å². The van der Waals surface area contributed by atoms with Crippen molar-refractivity contribution < 1.29 is 33.1 Å². The molecule has 6 N–H and O–H groups in total. The summed E-state index contributed by atoms with van der Waals surface area (Å²) in [5.41, 5.74) is 4.21. The number of carbonyl (C=O) groups is 3. The first-order chi connectivity index (χ1) is 41.9. The molecule has 11 aromatic rings. The van der Waals surface area contributed by atoms with Gasteiger partial charge in [-0.1, -0.05) is 18.0 Å². The van der Waals surface area contributed by atoms with Crippen LogP contribution < -0.4 is 35.1 Å². The first-order valence-corrected chi connectivity index (χ1v) is 29.4. The molecule has 1 saturated carbocycles. The zero-order valence-corrected chi connectivity index (χ0v) is 49.6. The summed E-state index contributed by atoms with van der Waals surface area (Å²) in [6, 6.07) is 19.8. The number of aromatic nitrogens is 16. The van der Waals surface area contributed by atoms with Crippen LogP contribution in [0.3, 0.4) is 0 Å². The van der Waals surface area contributed by atoms with Gasteiger partial charge in [-0.3, -0.25) is 29.7 Å². The van der Waals surface area contributed by atoms with Gasteiger partial charge >= 0.3 is 0 Å². The minimum atomic E-state index is -0.405. The van der Waals surface area contributed by atoms with Gasteiger partial charge in [0.25, 0.3) is 11.8 Å². The second kappa shape index (κ2) is 27.9. The monoisotopic (exact) mass is 1220 g/mol. The lowest BCUT2D eigenvalue weighted by Gasteiger charge is -2.12. The molecule has 12 rings (SSSR count). The molecule has 1 aliphatic rings. The summed E-state index contributed by atoms with van der Waals surface area (Å²) in [5.74, 6) is 4.68. The summed E-state index contributed by atoms with van der Waals surface area (Å²) in [4.78, 5) is 80.5. The number of nitrogens with one attached hydrogen (secondary N) is 6. The number of hydrogen-bond donors (Lipinski definition) is 6. The van der Waals surface area contributed by atoms with Crippen LogP contribution in [-0.2, 0) is 4.79 Å². The Labute approximate surface area is 503 Å². The van der Waals surface area contributed by atoms with Crippen LogP contribution >= 0.6 is 34.0 Å². The fraction of sp³-hybridized carbons (Fsp3) is 0.250. The lowest BCUT2D eigenvalue weighted by atomic mass is 10.1. The molecule has 0 atom stereocenters. The molecule has 86 heavy (non-hydrogen) atoms. The number of aromatic amines is 3. The third-order valence-electron chi connectivity index (χ3n) is 12.5. The smallest absolute Gasteiger partial charge is 0.279 e. The highest BCUT2D eigenvalue weighted by molar-refractivity contribution is 7.19. The first-order valence-electron chi connectivity index (χ1n) is 26.9. The average molecular weight is 1220 g/mol. The van der Waals surface area contributed by atoms with Gasteiger partial charge in [-0.05, 0) is 101 Å². The van der Waals surface area contributed by atoms with Crippen LogP contribution in [0.15, 0.2) is 109 Å². The summed E-state index contributed by atoms with van der Waals surface area (Å²) in [6.45, 7) is 8.86. The van der Waals surface area contributed by atoms with Gasteiger partial charge in [-0.2, -0.15) is 15.3 Å². The number of carbonyl (C=O) groups excluding carboxylic acids is 3. The highest BCUT2D eigenvalue weighted by atomic mass is 32.1. The molecule has 3 amide bonds. The Kier molecular flexibility index (Phi) is 19.1. The third-order valence-corrected chi connectivity index (χ3v) is 15.8. The van der Waals surface area contributed by atoms with E-state index in [0.29, 0.717) is 88.7 Å². The lowest BCUT2D eigenvalue weighted by Crippen LogP contribution is -2.20. The molecular weight excluding hydrogens is 1160 g/mol. The highest BCUT2D eigenvalue weighted by Gasteiger charge is 2.25. The summed E-state index contributed by atoms with van der Waals surface area (Å²) < 4.78 is 21.9. The van der Waals surface area contributed by atoms with Crippen molar-refractivity contribution >= 4 is 74.9 Å². The number of rotatable bonds is 19. The molecule has 0 saturated heterocycles. The summed E-state index contributed by atoms with van der Waals surface area (Å²) in [7, 11) is 3.90. The number of anilines is 4. The van der Waals surface area contributed by atoms with E-state index < -0.39 is 5.91 Å². The molecule has 10 heterocycles. The molecule has 0 spiro atoms. The maximum atomic E-state index is 12.6. The number of ether oxygens (including phenoxy) is 3. The van der Waals surface area contributed by atoms with E-state index in [1.807, 2.05) is 70.1 Å². The summed E-state index contributed by atoms with van der Waals surface area (Å²) >= 11 is 4.28. The van der Waals surface area contributed by atoms with E-state index in [0.717, 1.165) is 72.7 Å². The molecule has 27 nitrogen and oxygen atoms in total. The number of pyridine rings is 3. The largest absolute Gasteiger partial charge is 0.477 e. The topological polar surface area (TPSA) is 346 Å². The first kappa shape index (κ1) is 59.0. The Balaban J connectivity index is 0.000000143. The van der Waals surface area contributed by atoms with Gasteiger partial charge < -0.3 is 39.6 Å². The number of H-pyrrole nitrogens is 3. The van der Waals surface area contributed by atoms with E-state index in [1.54, 1.807) is 61.9 Å². The van der Waals surface area contributed by atoms with Gasteiger partial charge in [0.1, 0.15) is 71.9 Å². The molecule has 30 heteroatoms. The Morgan fingerprint density at radius 2 is 0.988 bits per heavy atom. The fourth-order valence-electron chi connectivity index (χ4n) is 8.45. The maximum Gasteiger partial charge on any atom is 0.279 e. The molecule has 1 aromatic carbocycles. The number of nitrogens with zero attached hydrogens (tertiary/aromatic N) is 14. The SMILES string of the molecule is CCOc1nc(-c2ccnc(NC(=O)C3CCCC3)c2)sc1-c1ncn[nH]1.CCOc1nc(-c2ccnc(NC(=O)c3cc(C)on3)c2)sc1-c1ncn[nH]1.CCOc1nc(-c2ccnc(NC(=O)c3ccc(N(C)C)cc3)c2)sc1-c1ncn[nH]1. The molecule has 0 unspecified atom stereocenters. The van der Waals surface area contributed by atoms with Crippen molar-refractivity contribution in [1.29, 1.82) is 0 Å². The molecule has 1 fully saturated rings. The van der Waals surface area contributed by atoms with Gasteiger partial charge in [0.15, 0.2) is 23.2 Å². The van der Waals surface area contributed by atoms with E-state index in [-0.39, 0.29) is 23.4 Å². The van der Waals surface area contributed by atoms with Gasteiger partial charge in [-0.15, -0.1) is 34.0 Å². The predicted octanol–water partition coefficient (Wildman–Crippen LogP) is 10.2. The Bertz CT molecular complexity index is 4010. The van der Waals surface area contributed by atoms with Crippen molar-refractivity contribution in [2.75, 3.05) is 54.8 Å². The van der Waals surface area contributed by atoms with Crippen LogP contribution in [0.5, 0.6) is 17.6 Å².